The van der Waals surface area contributed by atoms with E-state index < -0.39 is 10.8 Å². The summed E-state index contributed by atoms with van der Waals surface area (Å²) >= 11 is 1.59. The molecule has 120 valence electrons. The van der Waals surface area contributed by atoms with Gasteiger partial charge in [-0.15, -0.1) is 11.3 Å². The molecule has 0 saturated heterocycles. The first-order valence-electron chi connectivity index (χ1n) is 7.19. The molecular formula is C16H17N3O2S2. The normalized spacial score (nSPS) is 12.4. The number of pyridine rings is 1. The number of aryl methyl sites for hydroxylation is 1. The van der Waals surface area contributed by atoms with Crippen LogP contribution in [0.3, 0.4) is 0 Å². The first kappa shape index (κ1) is 15.9. The minimum atomic E-state index is -1.27. The minimum absolute atomic E-state index is 0.00176. The van der Waals surface area contributed by atoms with Crippen LogP contribution in [0.15, 0.2) is 41.9 Å². The average molecular weight is 347 g/mol. The molecule has 0 spiro atoms. The fraction of sp³-hybridized carbons (Fsp3) is 0.250. The summed E-state index contributed by atoms with van der Waals surface area (Å²) in [5, 5.41) is 4.75. The summed E-state index contributed by atoms with van der Waals surface area (Å²) in [5.74, 6) is 0.0860. The molecule has 3 heterocycles. The summed E-state index contributed by atoms with van der Waals surface area (Å²) in [6.07, 6.45) is 1.88. The number of carbonyl (C=O) groups is 1. The maximum Gasteiger partial charge on any atom is 0.232 e. The molecule has 1 N–H and O–H groups in total. The first-order valence-corrected chi connectivity index (χ1v) is 9.56. The Morgan fingerprint density at radius 2 is 2.22 bits per heavy atom. The van der Waals surface area contributed by atoms with Crippen molar-refractivity contribution in [2.45, 2.75) is 19.2 Å². The molecule has 0 aliphatic rings. The molecule has 0 fully saturated rings. The monoisotopic (exact) mass is 347 g/mol. The zero-order valence-electron chi connectivity index (χ0n) is 12.7. The molecule has 5 nitrogen and oxygen atoms in total. The number of rotatable bonds is 6. The van der Waals surface area contributed by atoms with E-state index in [1.807, 2.05) is 53.2 Å². The number of fused-ring (bicyclic) bond motifs is 1. The average Bonchev–Trinajstić information content (AvgIpc) is 3.14. The number of amides is 1. The lowest BCUT2D eigenvalue weighted by Gasteiger charge is -2.03. The molecule has 0 radical (unpaired) electrons. The molecule has 0 aromatic carbocycles. The van der Waals surface area contributed by atoms with Crippen LogP contribution in [0.4, 0.5) is 0 Å². The van der Waals surface area contributed by atoms with Crippen molar-refractivity contribution >= 4 is 33.7 Å². The SMILES string of the molecule is Cc1cccc2nc(CS(=O)CC(=O)NCc3cccs3)cn12. The number of thiophene rings is 1. The number of nitrogens with one attached hydrogen (secondary N) is 1. The zero-order chi connectivity index (χ0) is 16.2. The van der Waals surface area contributed by atoms with E-state index in [1.165, 1.54) is 0 Å². The summed E-state index contributed by atoms with van der Waals surface area (Å²) in [4.78, 5) is 17.4. The van der Waals surface area contributed by atoms with Gasteiger partial charge in [0.05, 0.1) is 18.0 Å². The van der Waals surface area contributed by atoms with Crippen molar-refractivity contribution in [1.29, 1.82) is 0 Å². The van der Waals surface area contributed by atoms with Crippen LogP contribution in [0.1, 0.15) is 16.3 Å². The lowest BCUT2D eigenvalue weighted by Crippen LogP contribution is -2.27. The molecule has 7 heteroatoms. The Kier molecular flexibility index (Phi) is 4.88. The standard InChI is InChI=1S/C16H17N3O2S2/c1-12-4-2-6-15-18-13(9-19(12)15)10-23(21)11-16(20)17-8-14-5-3-7-22-14/h2-7,9H,8,10-11H2,1H3,(H,17,20). The highest BCUT2D eigenvalue weighted by Gasteiger charge is 2.11. The van der Waals surface area contributed by atoms with Crippen molar-refractivity contribution in [3.8, 4) is 0 Å². The predicted octanol–water partition coefficient (Wildman–Crippen LogP) is 2.27. The van der Waals surface area contributed by atoms with Crippen molar-refractivity contribution in [2.75, 3.05) is 5.75 Å². The van der Waals surface area contributed by atoms with E-state index in [0.29, 0.717) is 6.54 Å². The Morgan fingerprint density at radius 1 is 1.35 bits per heavy atom. The molecule has 1 amide bonds. The Labute approximate surface area is 140 Å². The molecule has 0 bridgehead atoms. The van der Waals surface area contributed by atoms with Gasteiger partial charge in [0, 0.05) is 27.6 Å². The van der Waals surface area contributed by atoms with Gasteiger partial charge in [0.1, 0.15) is 11.4 Å². The van der Waals surface area contributed by atoms with Crippen LogP contribution >= 0.6 is 11.3 Å². The Bertz CT molecular complexity index is 840. The van der Waals surface area contributed by atoms with Gasteiger partial charge in [0.25, 0.3) is 0 Å². The molecule has 0 aliphatic heterocycles. The van der Waals surface area contributed by atoms with E-state index in [2.05, 4.69) is 10.3 Å². The second-order valence-corrected chi connectivity index (χ2v) is 7.70. The van der Waals surface area contributed by atoms with Crippen molar-refractivity contribution in [1.82, 2.24) is 14.7 Å². The van der Waals surface area contributed by atoms with Crippen LogP contribution in [0, 0.1) is 6.92 Å². The number of nitrogens with zero attached hydrogens (tertiary/aromatic N) is 2. The fourth-order valence-electron chi connectivity index (χ4n) is 2.28. The van der Waals surface area contributed by atoms with Crippen LogP contribution in [-0.2, 0) is 27.9 Å². The van der Waals surface area contributed by atoms with Gasteiger partial charge in [-0.1, -0.05) is 12.1 Å². The maximum atomic E-state index is 12.1. The number of aromatic nitrogens is 2. The Balaban J connectivity index is 1.55. The summed E-state index contributed by atoms with van der Waals surface area (Å²) in [6, 6.07) is 9.74. The summed E-state index contributed by atoms with van der Waals surface area (Å²) in [5.41, 5.74) is 2.64. The van der Waals surface area contributed by atoms with E-state index in [1.54, 1.807) is 11.3 Å². The van der Waals surface area contributed by atoms with Crippen LogP contribution < -0.4 is 5.32 Å². The molecule has 1 atom stereocenters. The summed E-state index contributed by atoms with van der Waals surface area (Å²) in [7, 11) is -1.27. The summed E-state index contributed by atoms with van der Waals surface area (Å²) in [6.45, 7) is 2.48. The van der Waals surface area contributed by atoms with Crippen LogP contribution in [0.25, 0.3) is 5.65 Å². The lowest BCUT2D eigenvalue weighted by atomic mass is 10.4. The highest BCUT2D eigenvalue weighted by molar-refractivity contribution is 7.84. The number of imidazole rings is 1. The third-order valence-electron chi connectivity index (χ3n) is 3.39. The number of carbonyl (C=O) groups excluding carboxylic acids is 1. The fourth-order valence-corrected chi connectivity index (χ4v) is 3.89. The highest BCUT2D eigenvalue weighted by atomic mass is 32.2. The van der Waals surface area contributed by atoms with E-state index in [4.69, 9.17) is 0 Å². The van der Waals surface area contributed by atoms with Gasteiger partial charge in [0.15, 0.2) is 0 Å². The molecular weight excluding hydrogens is 330 g/mol. The lowest BCUT2D eigenvalue weighted by molar-refractivity contribution is -0.118. The van der Waals surface area contributed by atoms with Crippen LogP contribution in [-0.4, -0.2) is 25.3 Å². The smallest absolute Gasteiger partial charge is 0.232 e. The highest BCUT2D eigenvalue weighted by Crippen LogP contribution is 2.10. The maximum absolute atomic E-state index is 12.1. The second kappa shape index (κ2) is 7.06. The Hall–Kier alpha value is -1.99. The topological polar surface area (TPSA) is 63.5 Å². The van der Waals surface area contributed by atoms with Gasteiger partial charge >= 0.3 is 0 Å². The van der Waals surface area contributed by atoms with Crippen molar-refractivity contribution in [3.63, 3.8) is 0 Å². The molecule has 23 heavy (non-hydrogen) atoms. The third-order valence-corrected chi connectivity index (χ3v) is 5.46. The molecule has 3 rings (SSSR count). The van der Waals surface area contributed by atoms with Crippen LogP contribution in [0.2, 0.25) is 0 Å². The molecule has 3 aromatic heterocycles. The molecule has 3 aromatic rings. The van der Waals surface area contributed by atoms with E-state index >= 15 is 0 Å². The van der Waals surface area contributed by atoms with Gasteiger partial charge in [-0.05, 0) is 30.5 Å². The second-order valence-electron chi connectivity index (χ2n) is 5.21. The van der Waals surface area contributed by atoms with Crippen LogP contribution in [0.5, 0.6) is 0 Å². The van der Waals surface area contributed by atoms with Crippen molar-refractivity contribution in [2.24, 2.45) is 0 Å². The summed E-state index contributed by atoms with van der Waals surface area (Å²) < 4.78 is 14.1. The van der Waals surface area contributed by atoms with Gasteiger partial charge in [-0.2, -0.15) is 0 Å². The molecule has 1 unspecified atom stereocenters. The largest absolute Gasteiger partial charge is 0.350 e. The van der Waals surface area contributed by atoms with E-state index in [9.17, 15) is 9.00 Å². The quantitative estimate of drug-likeness (QED) is 0.744. The van der Waals surface area contributed by atoms with Gasteiger partial charge in [-0.3, -0.25) is 9.00 Å². The third kappa shape index (κ3) is 4.05. The molecule has 0 saturated carbocycles. The van der Waals surface area contributed by atoms with Gasteiger partial charge in [0.2, 0.25) is 5.91 Å². The number of hydrogen-bond acceptors (Lipinski definition) is 4. The van der Waals surface area contributed by atoms with Gasteiger partial charge in [-0.25, -0.2) is 4.98 Å². The van der Waals surface area contributed by atoms with Gasteiger partial charge < -0.3 is 9.72 Å². The van der Waals surface area contributed by atoms with Crippen molar-refractivity contribution < 1.29 is 9.00 Å². The van der Waals surface area contributed by atoms with E-state index in [0.717, 1.165) is 21.9 Å². The predicted molar refractivity (Wildman–Crippen MR) is 92.8 cm³/mol. The first-order chi connectivity index (χ1) is 11.1. The minimum Gasteiger partial charge on any atom is -0.350 e. The Morgan fingerprint density at radius 3 is 2.96 bits per heavy atom. The number of hydrogen-bond donors (Lipinski definition) is 1. The van der Waals surface area contributed by atoms with E-state index in [-0.39, 0.29) is 17.4 Å². The zero-order valence-corrected chi connectivity index (χ0v) is 14.3. The molecule has 0 aliphatic carbocycles. The van der Waals surface area contributed by atoms with Crippen molar-refractivity contribution in [3.05, 3.63) is 58.2 Å².